The summed E-state index contributed by atoms with van der Waals surface area (Å²) < 4.78 is 4.54. The van der Waals surface area contributed by atoms with Crippen LogP contribution in [0.1, 0.15) is 13.8 Å². The van der Waals surface area contributed by atoms with Gasteiger partial charge in [0.05, 0.1) is 7.11 Å². The highest BCUT2D eigenvalue weighted by molar-refractivity contribution is 5.88. The lowest BCUT2D eigenvalue weighted by atomic mass is 10.0. The quantitative estimate of drug-likeness (QED) is 0.389. The van der Waals surface area contributed by atoms with Crippen molar-refractivity contribution in [2.45, 2.75) is 19.9 Å². The largest absolute Gasteiger partial charge is 0.466 e. The average molecular weight is 169 g/mol. The molecule has 0 bridgehead atoms. The van der Waals surface area contributed by atoms with Gasteiger partial charge < -0.3 is 10.5 Å². The van der Waals surface area contributed by atoms with Crippen LogP contribution in [0.15, 0.2) is 23.8 Å². The van der Waals surface area contributed by atoms with Crippen LogP contribution in [0.4, 0.5) is 0 Å². The van der Waals surface area contributed by atoms with Crippen molar-refractivity contribution < 1.29 is 9.53 Å². The Morgan fingerprint density at radius 3 is 2.42 bits per heavy atom. The van der Waals surface area contributed by atoms with Crippen molar-refractivity contribution in [2.24, 2.45) is 5.73 Å². The molecule has 3 nitrogen and oxygen atoms in total. The zero-order valence-corrected chi connectivity index (χ0v) is 7.76. The minimum atomic E-state index is -0.343. The van der Waals surface area contributed by atoms with Crippen LogP contribution in [0.25, 0.3) is 0 Å². The van der Waals surface area contributed by atoms with E-state index in [1.165, 1.54) is 7.11 Å². The van der Waals surface area contributed by atoms with Crippen LogP contribution in [-0.4, -0.2) is 19.1 Å². The molecule has 0 aromatic heterocycles. The molecule has 12 heavy (non-hydrogen) atoms. The first-order valence-corrected chi connectivity index (χ1v) is 3.68. The molecule has 2 N–H and O–H groups in total. The number of carbonyl (C=O) groups is 1. The average Bonchev–Trinajstić information content (AvgIpc) is 2.12. The maximum Gasteiger partial charge on any atom is 0.333 e. The minimum absolute atomic E-state index is 0.274. The Balaban J connectivity index is 4.67. The molecular formula is C9H15NO2. The minimum Gasteiger partial charge on any atom is -0.466 e. The summed E-state index contributed by atoms with van der Waals surface area (Å²) in [6.07, 6.45) is 1.59. The molecule has 0 aliphatic carbocycles. The van der Waals surface area contributed by atoms with Crippen molar-refractivity contribution in [1.29, 1.82) is 0 Å². The fraction of sp³-hybridized carbons (Fsp3) is 0.444. The lowest BCUT2D eigenvalue weighted by Gasteiger charge is -2.09. The summed E-state index contributed by atoms with van der Waals surface area (Å²) >= 11 is 0. The first kappa shape index (κ1) is 10.9. The Hall–Kier alpha value is -1.09. The van der Waals surface area contributed by atoms with Crippen molar-refractivity contribution in [1.82, 2.24) is 0 Å². The van der Waals surface area contributed by atoms with Crippen LogP contribution in [0.3, 0.4) is 0 Å². The van der Waals surface area contributed by atoms with E-state index >= 15 is 0 Å². The molecule has 0 amide bonds. The molecule has 0 saturated carbocycles. The van der Waals surface area contributed by atoms with E-state index in [0.29, 0.717) is 5.57 Å². The molecule has 0 spiro atoms. The zero-order valence-electron chi connectivity index (χ0n) is 7.76. The Morgan fingerprint density at radius 1 is 1.58 bits per heavy atom. The summed E-state index contributed by atoms with van der Waals surface area (Å²) in [5.74, 6) is -0.343. The van der Waals surface area contributed by atoms with Gasteiger partial charge in [-0.3, -0.25) is 0 Å². The number of hydrogen-bond donors (Lipinski definition) is 1. The van der Waals surface area contributed by atoms with Gasteiger partial charge in [-0.05, 0) is 19.4 Å². The third kappa shape index (κ3) is 2.51. The smallest absolute Gasteiger partial charge is 0.333 e. The van der Waals surface area contributed by atoms with Gasteiger partial charge in [-0.15, -0.1) is 6.58 Å². The summed E-state index contributed by atoms with van der Waals surface area (Å²) in [5, 5.41) is 0. The maximum absolute atomic E-state index is 11.0. The molecule has 0 aliphatic heterocycles. The fourth-order valence-electron chi connectivity index (χ4n) is 0.741. The summed E-state index contributed by atoms with van der Waals surface area (Å²) in [6.45, 7) is 7.01. The Bertz CT molecular complexity index is 219. The lowest BCUT2D eigenvalue weighted by Crippen LogP contribution is -2.21. The first-order valence-electron chi connectivity index (χ1n) is 3.68. The summed E-state index contributed by atoms with van der Waals surface area (Å²) in [6, 6.07) is -0.274. The Kier molecular flexibility index (Phi) is 4.29. The fourth-order valence-corrected chi connectivity index (χ4v) is 0.741. The van der Waals surface area contributed by atoms with Crippen LogP contribution >= 0.6 is 0 Å². The molecule has 0 aromatic carbocycles. The predicted octanol–water partition coefficient (Wildman–Crippen LogP) is 1.01. The van der Waals surface area contributed by atoms with Gasteiger partial charge in [-0.1, -0.05) is 6.08 Å². The van der Waals surface area contributed by atoms with Crippen LogP contribution < -0.4 is 5.73 Å². The second-order valence-electron chi connectivity index (χ2n) is 2.56. The molecule has 1 unspecified atom stereocenters. The van der Waals surface area contributed by atoms with Crippen molar-refractivity contribution >= 4 is 5.97 Å². The summed E-state index contributed by atoms with van der Waals surface area (Å²) in [5.41, 5.74) is 6.96. The lowest BCUT2D eigenvalue weighted by molar-refractivity contribution is -0.136. The van der Waals surface area contributed by atoms with Gasteiger partial charge >= 0.3 is 5.97 Å². The van der Waals surface area contributed by atoms with Crippen molar-refractivity contribution in [3.63, 3.8) is 0 Å². The van der Waals surface area contributed by atoms with E-state index in [0.717, 1.165) is 5.57 Å². The van der Waals surface area contributed by atoms with E-state index in [-0.39, 0.29) is 12.0 Å². The highest BCUT2D eigenvalue weighted by Crippen LogP contribution is 2.08. The van der Waals surface area contributed by atoms with Crippen LogP contribution in [0, 0.1) is 0 Å². The van der Waals surface area contributed by atoms with Crippen LogP contribution in [0.2, 0.25) is 0 Å². The molecule has 1 atom stereocenters. The molecular weight excluding hydrogens is 154 g/mol. The normalized spacial score (nSPS) is 14.7. The number of esters is 1. The third-order valence-electron chi connectivity index (χ3n) is 1.84. The monoisotopic (exact) mass is 169 g/mol. The molecule has 3 heteroatoms. The van der Waals surface area contributed by atoms with E-state index in [1.54, 1.807) is 19.9 Å². The predicted molar refractivity (Wildman–Crippen MR) is 48.6 cm³/mol. The van der Waals surface area contributed by atoms with E-state index < -0.39 is 0 Å². The second-order valence-corrected chi connectivity index (χ2v) is 2.56. The SMILES string of the molecule is C=CC(N)C(C)=C(C)C(=O)OC. The topological polar surface area (TPSA) is 52.3 Å². The third-order valence-corrected chi connectivity index (χ3v) is 1.84. The summed E-state index contributed by atoms with van der Waals surface area (Å²) in [7, 11) is 1.35. The molecule has 0 aliphatic rings. The van der Waals surface area contributed by atoms with Crippen molar-refractivity contribution in [3.05, 3.63) is 23.8 Å². The highest BCUT2D eigenvalue weighted by atomic mass is 16.5. The zero-order chi connectivity index (χ0) is 9.72. The van der Waals surface area contributed by atoms with Gasteiger partial charge in [0.25, 0.3) is 0 Å². The van der Waals surface area contributed by atoms with Gasteiger partial charge in [0, 0.05) is 11.6 Å². The second kappa shape index (κ2) is 4.72. The van der Waals surface area contributed by atoms with Gasteiger partial charge in [0.1, 0.15) is 0 Å². The van der Waals surface area contributed by atoms with E-state index in [2.05, 4.69) is 11.3 Å². The van der Waals surface area contributed by atoms with Gasteiger partial charge in [0.15, 0.2) is 0 Å². The number of ether oxygens (including phenoxy) is 1. The number of hydrogen-bond acceptors (Lipinski definition) is 3. The number of carbonyl (C=O) groups excluding carboxylic acids is 1. The van der Waals surface area contributed by atoms with E-state index in [9.17, 15) is 4.79 Å². The molecule has 0 radical (unpaired) electrons. The molecule has 0 heterocycles. The molecule has 0 saturated heterocycles. The standard InChI is InChI=1S/C9H15NO2/c1-5-8(10)6(2)7(3)9(11)12-4/h5,8H,1,10H2,2-4H3. The molecule has 0 aromatic rings. The van der Waals surface area contributed by atoms with Crippen molar-refractivity contribution in [2.75, 3.05) is 7.11 Å². The van der Waals surface area contributed by atoms with Gasteiger partial charge in [-0.25, -0.2) is 4.79 Å². The van der Waals surface area contributed by atoms with Crippen LogP contribution in [0.5, 0.6) is 0 Å². The summed E-state index contributed by atoms with van der Waals surface area (Å²) in [4.78, 5) is 11.0. The van der Waals surface area contributed by atoms with Crippen LogP contribution in [-0.2, 0) is 9.53 Å². The Morgan fingerprint density at radius 2 is 2.08 bits per heavy atom. The highest BCUT2D eigenvalue weighted by Gasteiger charge is 2.10. The van der Waals surface area contributed by atoms with E-state index in [4.69, 9.17) is 5.73 Å². The van der Waals surface area contributed by atoms with Crippen molar-refractivity contribution in [3.8, 4) is 0 Å². The number of nitrogens with two attached hydrogens (primary N) is 1. The first-order chi connectivity index (χ1) is 5.54. The maximum atomic E-state index is 11.0. The number of rotatable bonds is 3. The van der Waals surface area contributed by atoms with Gasteiger partial charge in [-0.2, -0.15) is 0 Å². The van der Waals surface area contributed by atoms with E-state index in [1.807, 2.05) is 0 Å². The molecule has 0 fully saturated rings. The van der Waals surface area contributed by atoms with Gasteiger partial charge in [0.2, 0.25) is 0 Å². The Labute approximate surface area is 72.9 Å². The number of methoxy groups -OCH3 is 1. The molecule has 68 valence electrons. The molecule has 0 rings (SSSR count).